The number of hydrogen-bond acceptors (Lipinski definition) is 1. The highest BCUT2D eigenvalue weighted by Crippen LogP contribution is 2.30. The normalized spacial score (nSPS) is 18.1. The molecule has 0 heterocycles. The lowest BCUT2D eigenvalue weighted by Gasteiger charge is -2.25. The summed E-state index contributed by atoms with van der Waals surface area (Å²) in [7, 11) is 0. The Morgan fingerprint density at radius 1 is 1.28 bits per heavy atom. The minimum absolute atomic E-state index is 0.658. The van der Waals surface area contributed by atoms with Crippen molar-refractivity contribution in [3.05, 3.63) is 34.3 Å². The van der Waals surface area contributed by atoms with Crippen LogP contribution in [0.3, 0.4) is 0 Å². The zero-order chi connectivity index (χ0) is 12.8. The van der Waals surface area contributed by atoms with Crippen molar-refractivity contribution < 1.29 is 0 Å². The highest BCUT2D eigenvalue weighted by atomic mass is 79.9. The van der Waals surface area contributed by atoms with Crippen LogP contribution in [0.2, 0.25) is 0 Å². The average Bonchev–Trinajstić information content (AvgIpc) is 2.90. The predicted molar refractivity (Wildman–Crippen MR) is 81.9 cm³/mol. The van der Waals surface area contributed by atoms with E-state index in [2.05, 4.69) is 52.4 Å². The van der Waals surface area contributed by atoms with Gasteiger partial charge in [0.1, 0.15) is 0 Å². The van der Waals surface area contributed by atoms with Crippen LogP contribution in [0.5, 0.6) is 0 Å². The highest BCUT2D eigenvalue weighted by Gasteiger charge is 2.24. The topological polar surface area (TPSA) is 12.0 Å². The molecule has 2 heteroatoms. The summed E-state index contributed by atoms with van der Waals surface area (Å²) in [5.41, 5.74) is 1.44. The van der Waals surface area contributed by atoms with Gasteiger partial charge in [-0.25, -0.2) is 0 Å². The van der Waals surface area contributed by atoms with Crippen LogP contribution in [0, 0.1) is 5.92 Å². The largest absolute Gasteiger partial charge is 0.313 e. The molecule has 1 unspecified atom stereocenters. The van der Waals surface area contributed by atoms with E-state index in [0.717, 1.165) is 18.9 Å². The van der Waals surface area contributed by atoms with Crippen molar-refractivity contribution in [3.63, 3.8) is 0 Å². The number of nitrogens with one attached hydrogen (secondary N) is 1. The Morgan fingerprint density at radius 2 is 2.00 bits per heavy atom. The minimum atomic E-state index is 0.658. The molecule has 0 aliphatic heterocycles. The van der Waals surface area contributed by atoms with E-state index in [0.29, 0.717) is 6.04 Å². The molecule has 0 radical (unpaired) electrons. The molecule has 18 heavy (non-hydrogen) atoms. The van der Waals surface area contributed by atoms with Crippen LogP contribution in [-0.4, -0.2) is 12.6 Å². The number of halogens is 1. The van der Waals surface area contributed by atoms with Gasteiger partial charge in [0.05, 0.1) is 0 Å². The van der Waals surface area contributed by atoms with Crippen molar-refractivity contribution in [1.82, 2.24) is 5.32 Å². The number of hydrogen-bond donors (Lipinski definition) is 1. The van der Waals surface area contributed by atoms with Gasteiger partial charge in [-0.15, -0.1) is 0 Å². The summed E-state index contributed by atoms with van der Waals surface area (Å²) in [6.07, 6.45) is 8.04. The Bertz CT molecular complexity index is 358. The Kier molecular flexibility index (Phi) is 5.71. The van der Waals surface area contributed by atoms with Gasteiger partial charge in [-0.05, 0) is 49.8 Å². The molecule has 0 bridgehead atoms. The lowest BCUT2D eigenvalue weighted by molar-refractivity contribution is 0.356. The van der Waals surface area contributed by atoms with Crippen molar-refractivity contribution in [2.45, 2.75) is 51.5 Å². The van der Waals surface area contributed by atoms with E-state index in [9.17, 15) is 0 Å². The number of benzene rings is 1. The smallest absolute Gasteiger partial charge is 0.0207 e. The fourth-order valence-electron chi connectivity index (χ4n) is 3.00. The fraction of sp³-hybridized carbons (Fsp3) is 0.625. The van der Waals surface area contributed by atoms with E-state index in [1.807, 2.05) is 0 Å². The van der Waals surface area contributed by atoms with Crippen LogP contribution >= 0.6 is 15.9 Å². The highest BCUT2D eigenvalue weighted by molar-refractivity contribution is 9.10. The van der Waals surface area contributed by atoms with Gasteiger partial charge in [-0.2, -0.15) is 0 Å². The molecule has 1 atom stereocenters. The Balaban J connectivity index is 2.02. The molecular weight excluding hydrogens is 286 g/mol. The standard InChI is InChI=1S/C16H24BrN/c1-2-11-18-16(13-7-3-4-8-13)12-14-9-5-6-10-15(14)17/h5-6,9-10,13,16,18H,2-4,7-8,11-12H2,1H3. The maximum absolute atomic E-state index is 3.77. The van der Waals surface area contributed by atoms with Gasteiger partial charge >= 0.3 is 0 Å². The van der Waals surface area contributed by atoms with E-state index in [-0.39, 0.29) is 0 Å². The molecule has 1 aliphatic rings. The first-order chi connectivity index (χ1) is 8.81. The Morgan fingerprint density at radius 3 is 2.67 bits per heavy atom. The molecule has 1 N–H and O–H groups in total. The number of rotatable bonds is 6. The molecule has 1 aromatic carbocycles. The molecular formula is C16H24BrN. The van der Waals surface area contributed by atoms with E-state index in [4.69, 9.17) is 0 Å². The summed E-state index contributed by atoms with van der Waals surface area (Å²) < 4.78 is 1.26. The molecule has 1 fully saturated rings. The molecule has 1 aliphatic carbocycles. The molecule has 1 saturated carbocycles. The Labute approximate surface area is 119 Å². The molecule has 1 nitrogen and oxygen atoms in total. The van der Waals surface area contributed by atoms with Crippen LogP contribution in [0.1, 0.15) is 44.6 Å². The van der Waals surface area contributed by atoms with Gasteiger partial charge in [0, 0.05) is 10.5 Å². The van der Waals surface area contributed by atoms with Crippen molar-refractivity contribution in [1.29, 1.82) is 0 Å². The van der Waals surface area contributed by atoms with Gasteiger partial charge in [0.2, 0.25) is 0 Å². The predicted octanol–water partition coefficient (Wildman–Crippen LogP) is 4.55. The van der Waals surface area contributed by atoms with Gasteiger partial charge in [-0.3, -0.25) is 0 Å². The second-order valence-corrected chi connectivity index (χ2v) is 6.26. The third-order valence-corrected chi connectivity index (χ3v) is 4.80. The van der Waals surface area contributed by atoms with Crippen LogP contribution in [-0.2, 0) is 6.42 Å². The second kappa shape index (κ2) is 7.30. The van der Waals surface area contributed by atoms with Gasteiger partial charge in [0.15, 0.2) is 0 Å². The molecule has 1 aromatic rings. The molecule has 100 valence electrons. The molecule has 0 amide bonds. The van der Waals surface area contributed by atoms with Gasteiger partial charge < -0.3 is 5.32 Å². The van der Waals surface area contributed by atoms with Gasteiger partial charge in [0.25, 0.3) is 0 Å². The van der Waals surface area contributed by atoms with Crippen molar-refractivity contribution in [2.75, 3.05) is 6.54 Å². The first kappa shape index (κ1) is 14.1. The van der Waals surface area contributed by atoms with E-state index in [1.165, 1.54) is 42.1 Å². The van der Waals surface area contributed by atoms with Crippen molar-refractivity contribution >= 4 is 15.9 Å². The van der Waals surface area contributed by atoms with Crippen molar-refractivity contribution in [2.24, 2.45) is 5.92 Å². The van der Waals surface area contributed by atoms with Crippen molar-refractivity contribution in [3.8, 4) is 0 Å². The summed E-state index contributed by atoms with van der Waals surface area (Å²) in [6, 6.07) is 9.30. The maximum atomic E-state index is 3.77. The zero-order valence-electron chi connectivity index (χ0n) is 11.3. The van der Waals surface area contributed by atoms with Crippen LogP contribution < -0.4 is 5.32 Å². The van der Waals surface area contributed by atoms with Gasteiger partial charge in [-0.1, -0.05) is 53.9 Å². The van der Waals surface area contributed by atoms with E-state index >= 15 is 0 Å². The lowest BCUT2D eigenvalue weighted by atomic mass is 9.92. The zero-order valence-corrected chi connectivity index (χ0v) is 12.9. The third kappa shape index (κ3) is 3.83. The SMILES string of the molecule is CCCNC(Cc1ccccc1Br)C1CCCC1. The monoisotopic (exact) mass is 309 g/mol. The van der Waals surface area contributed by atoms with E-state index < -0.39 is 0 Å². The summed E-state index contributed by atoms with van der Waals surface area (Å²) in [4.78, 5) is 0. The lowest BCUT2D eigenvalue weighted by Crippen LogP contribution is -2.37. The first-order valence-corrected chi connectivity index (χ1v) is 8.07. The maximum Gasteiger partial charge on any atom is 0.0207 e. The second-order valence-electron chi connectivity index (χ2n) is 5.40. The van der Waals surface area contributed by atoms with Crippen LogP contribution in [0.4, 0.5) is 0 Å². The molecule has 2 rings (SSSR count). The fourth-order valence-corrected chi connectivity index (χ4v) is 3.44. The Hall–Kier alpha value is -0.340. The third-order valence-electron chi connectivity index (χ3n) is 4.02. The van der Waals surface area contributed by atoms with E-state index in [1.54, 1.807) is 0 Å². The van der Waals surface area contributed by atoms with Crippen LogP contribution in [0.15, 0.2) is 28.7 Å². The summed E-state index contributed by atoms with van der Waals surface area (Å²) >= 11 is 3.67. The molecule has 0 aromatic heterocycles. The summed E-state index contributed by atoms with van der Waals surface area (Å²) in [5, 5.41) is 3.77. The van der Waals surface area contributed by atoms with Crippen LogP contribution in [0.25, 0.3) is 0 Å². The minimum Gasteiger partial charge on any atom is -0.313 e. The summed E-state index contributed by atoms with van der Waals surface area (Å²) in [6.45, 7) is 3.39. The molecule has 0 spiro atoms. The average molecular weight is 310 g/mol. The quantitative estimate of drug-likeness (QED) is 0.813. The molecule has 0 saturated heterocycles. The first-order valence-electron chi connectivity index (χ1n) is 7.28. The summed E-state index contributed by atoms with van der Waals surface area (Å²) in [5.74, 6) is 0.878.